The molecule has 8 heteroatoms. The SMILES string of the molecule is Cc1cc([C@H]2CCCN2C(=O)NCc2nc(-c3ccccc3C)no2)no1. The van der Waals surface area contributed by atoms with Crippen molar-refractivity contribution in [3.05, 3.63) is 53.2 Å². The summed E-state index contributed by atoms with van der Waals surface area (Å²) in [5, 5.41) is 10.9. The Morgan fingerprint density at radius 1 is 1.26 bits per heavy atom. The normalized spacial score (nSPS) is 16.7. The Morgan fingerprint density at radius 3 is 2.89 bits per heavy atom. The fourth-order valence-corrected chi connectivity index (χ4v) is 3.37. The predicted octanol–water partition coefficient (Wildman–Crippen LogP) is 3.39. The first-order valence-electron chi connectivity index (χ1n) is 8.98. The Labute approximate surface area is 156 Å². The molecular weight excluding hydrogens is 346 g/mol. The summed E-state index contributed by atoms with van der Waals surface area (Å²) < 4.78 is 10.4. The van der Waals surface area contributed by atoms with Gasteiger partial charge in [-0.3, -0.25) is 0 Å². The number of urea groups is 1. The van der Waals surface area contributed by atoms with Gasteiger partial charge in [-0.05, 0) is 32.3 Å². The Morgan fingerprint density at radius 2 is 2.11 bits per heavy atom. The van der Waals surface area contributed by atoms with Crippen LogP contribution in [-0.2, 0) is 6.54 Å². The molecule has 0 saturated carbocycles. The molecule has 140 valence electrons. The van der Waals surface area contributed by atoms with Gasteiger partial charge in [-0.2, -0.15) is 4.98 Å². The second-order valence-electron chi connectivity index (χ2n) is 6.70. The third-order valence-corrected chi connectivity index (χ3v) is 4.75. The molecule has 1 N–H and O–H groups in total. The molecule has 0 unspecified atom stereocenters. The van der Waals surface area contributed by atoms with Crippen LogP contribution in [0.4, 0.5) is 4.79 Å². The Bertz CT molecular complexity index is 948. The molecule has 3 aromatic rings. The topological polar surface area (TPSA) is 97.3 Å². The molecule has 1 aliphatic rings. The Hall–Kier alpha value is -3.16. The number of benzene rings is 1. The molecule has 0 bridgehead atoms. The van der Waals surface area contributed by atoms with Crippen molar-refractivity contribution in [1.82, 2.24) is 25.5 Å². The lowest BCUT2D eigenvalue weighted by molar-refractivity contribution is 0.188. The smallest absolute Gasteiger partial charge is 0.318 e. The molecule has 8 nitrogen and oxygen atoms in total. The van der Waals surface area contributed by atoms with Crippen molar-refractivity contribution in [2.24, 2.45) is 0 Å². The largest absolute Gasteiger partial charge is 0.361 e. The molecule has 1 atom stereocenters. The average Bonchev–Trinajstić information content (AvgIpc) is 3.40. The third kappa shape index (κ3) is 3.55. The van der Waals surface area contributed by atoms with Gasteiger partial charge in [0.05, 0.1) is 12.6 Å². The fourth-order valence-electron chi connectivity index (χ4n) is 3.37. The van der Waals surface area contributed by atoms with Crippen molar-refractivity contribution in [3.63, 3.8) is 0 Å². The summed E-state index contributed by atoms with van der Waals surface area (Å²) in [6.45, 7) is 4.70. The molecular formula is C19H21N5O3. The van der Waals surface area contributed by atoms with E-state index < -0.39 is 0 Å². The number of aromatic nitrogens is 3. The van der Waals surface area contributed by atoms with Crippen LogP contribution in [0.5, 0.6) is 0 Å². The van der Waals surface area contributed by atoms with Gasteiger partial charge in [0.15, 0.2) is 0 Å². The second kappa shape index (κ2) is 7.22. The highest BCUT2D eigenvalue weighted by Gasteiger charge is 2.32. The van der Waals surface area contributed by atoms with Gasteiger partial charge in [0.25, 0.3) is 0 Å². The summed E-state index contributed by atoms with van der Waals surface area (Å²) >= 11 is 0. The summed E-state index contributed by atoms with van der Waals surface area (Å²) in [7, 11) is 0. The number of rotatable bonds is 4. The van der Waals surface area contributed by atoms with Crippen molar-refractivity contribution in [3.8, 4) is 11.4 Å². The van der Waals surface area contributed by atoms with Crippen LogP contribution in [0.3, 0.4) is 0 Å². The fraction of sp³-hybridized carbons (Fsp3) is 0.368. The first-order valence-corrected chi connectivity index (χ1v) is 8.98. The molecule has 1 fully saturated rings. The number of carbonyl (C=O) groups excluding carboxylic acids is 1. The molecule has 1 aliphatic heterocycles. The predicted molar refractivity (Wildman–Crippen MR) is 96.6 cm³/mol. The number of hydrogen-bond acceptors (Lipinski definition) is 6. The van der Waals surface area contributed by atoms with E-state index in [1.54, 1.807) is 4.90 Å². The number of nitrogens with one attached hydrogen (secondary N) is 1. The zero-order chi connectivity index (χ0) is 18.8. The van der Waals surface area contributed by atoms with E-state index in [4.69, 9.17) is 9.05 Å². The molecule has 2 amide bonds. The van der Waals surface area contributed by atoms with E-state index in [-0.39, 0.29) is 18.6 Å². The molecule has 0 radical (unpaired) electrons. The first-order chi connectivity index (χ1) is 13.1. The van der Waals surface area contributed by atoms with Crippen LogP contribution < -0.4 is 5.32 Å². The van der Waals surface area contributed by atoms with Crippen LogP contribution in [0.15, 0.2) is 39.4 Å². The van der Waals surface area contributed by atoms with Crippen LogP contribution in [0.2, 0.25) is 0 Å². The first kappa shape index (κ1) is 17.3. The lowest BCUT2D eigenvalue weighted by Crippen LogP contribution is -2.39. The Balaban J connectivity index is 1.40. The molecule has 0 spiro atoms. The standard InChI is InChI=1S/C19H21N5O3/c1-12-6-3-4-7-14(12)18-21-17(27-23-18)11-20-19(25)24-9-5-8-16(24)15-10-13(2)26-22-15/h3-4,6-7,10,16H,5,8-9,11H2,1-2H3,(H,20,25)/t16-/m1/s1. The highest BCUT2D eigenvalue weighted by molar-refractivity contribution is 5.75. The summed E-state index contributed by atoms with van der Waals surface area (Å²) in [6.07, 6.45) is 1.80. The van der Waals surface area contributed by atoms with Crippen LogP contribution in [-0.4, -0.2) is 32.8 Å². The maximum atomic E-state index is 12.6. The lowest BCUT2D eigenvalue weighted by atomic mass is 10.1. The minimum Gasteiger partial charge on any atom is -0.361 e. The van der Waals surface area contributed by atoms with Crippen molar-refractivity contribution < 1.29 is 13.8 Å². The third-order valence-electron chi connectivity index (χ3n) is 4.75. The maximum Gasteiger partial charge on any atom is 0.318 e. The van der Waals surface area contributed by atoms with Crippen LogP contribution in [0.25, 0.3) is 11.4 Å². The van der Waals surface area contributed by atoms with Gasteiger partial charge < -0.3 is 19.3 Å². The summed E-state index contributed by atoms with van der Waals surface area (Å²) in [5.74, 6) is 1.64. The van der Waals surface area contributed by atoms with Gasteiger partial charge in [-0.1, -0.05) is 34.6 Å². The van der Waals surface area contributed by atoms with Gasteiger partial charge >= 0.3 is 6.03 Å². The highest BCUT2D eigenvalue weighted by atomic mass is 16.5. The maximum absolute atomic E-state index is 12.6. The molecule has 1 saturated heterocycles. The molecule has 3 heterocycles. The minimum absolute atomic E-state index is 0.0623. The molecule has 27 heavy (non-hydrogen) atoms. The van der Waals surface area contributed by atoms with E-state index in [0.29, 0.717) is 18.3 Å². The van der Waals surface area contributed by atoms with Crippen LogP contribution >= 0.6 is 0 Å². The molecule has 1 aromatic carbocycles. The van der Waals surface area contributed by atoms with Gasteiger partial charge in [-0.15, -0.1) is 0 Å². The summed E-state index contributed by atoms with van der Waals surface area (Å²) in [4.78, 5) is 18.8. The number of hydrogen-bond donors (Lipinski definition) is 1. The van der Waals surface area contributed by atoms with E-state index in [1.165, 1.54) is 0 Å². The second-order valence-corrected chi connectivity index (χ2v) is 6.70. The number of likely N-dealkylation sites (tertiary alicyclic amines) is 1. The van der Waals surface area contributed by atoms with E-state index in [1.807, 2.05) is 44.2 Å². The number of carbonyl (C=O) groups is 1. The zero-order valence-electron chi connectivity index (χ0n) is 15.3. The van der Waals surface area contributed by atoms with E-state index in [9.17, 15) is 4.79 Å². The van der Waals surface area contributed by atoms with Crippen LogP contribution in [0, 0.1) is 13.8 Å². The lowest BCUT2D eigenvalue weighted by Gasteiger charge is -2.22. The average molecular weight is 367 g/mol. The van der Waals surface area contributed by atoms with E-state index >= 15 is 0 Å². The molecule has 2 aromatic heterocycles. The van der Waals surface area contributed by atoms with E-state index in [2.05, 4.69) is 20.6 Å². The highest BCUT2D eigenvalue weighted by Crippen LogP contribution is 2.31. The zero-order valence-corrected chi connectivity index (χ0v) is 15.3. The summed E-state index contributed by atoms with van der Waals surface area (Å²) in [5.41, 5.74) is 2.77. The van der Waals surface area contributed by atoms with Gasteiger partial charge in [0, 0.05) is 18.2 Å². The van der Waals surface area contributed by atoms with Crippen molar-refractivity contribution in [2.75, 3.05) is 6.54 Å². The van der Waals surface area contributed by atoms with Crippen molar-refractivity contribution >= 4 is 6.03 Å². The van der Waals surface area contributed by atoms with Gasteiger partial charge in [0.2, 0.25) is 11.7 Å². The molecule has 0 aliphatic carbocycles. The number of amides is 2. The molecule has 4 rings (SSSR count). The van der Waals surface area contributed by atoms with Crippen molar-refractivity contribution in [1.29, 1.82) is 0 Å². The Kier molecular flexibility index (Phi) is 4.62. The minimum atomic E-state index is -0.172. The quantitative estimate of drug-likeness (QED) is 0.759. The van der Waals surface area contributed by atoms with Gasteiger partial charge in [0.1, 0.15) is 11.5 Å². The van der Waals surface area contributed by atoms with Crippen LogP contribution in [0.1, 0.15) is 41.8 Å². The van der Waals surface area contributed by atoms with E-state index in [0.717, 1.165) is 35.4 Å². The van der Waals surface area contributed by atoms with Crippen molar-refractivity contribution in [2.45, 2.75) is 39.3 Å². The summed E-state index contributed by atoms with van der Waals surface area (Å²) in [6, 6.07) is 9.47. The van der Waals surface area contributed by atoms with Gasteiger partial charge in [-0.25, -0.2) is 4.79 Å². The monoisotopic (exact) mass is 367 g/mol. The number of nitrogens with zero attached hydrogens (tertiary/aromatic N) is 4. The number of aryl methyl sites for hydroxylation is 2.